The summed E-state index contributed by atoms with van der Waals surface area (Å²) in [4.78, 5) is 20.6. The molecule has 0 bridgehead atoms. The van der Waals surface area contributed by atoms with E-state index in [4.69, 9.17) is 23.2 Å². The van der Waals surface area contributed by atoms with Crippen LogP contribution in [0.5, 0.6) is 0 Å². The van der Waals surface area contributed by atoms with Gasteiger partial charge in [-0.2, -0.15) is 0 Å². The van der Waals surface area contributed by atoms with E-state index in [2.05, 4.69) is 34.3 Å². The summed E-state index contributed by atoms with van der Waals surface area (Å²) in [7, 11) is 0. The first-order valence-electron chi connectivity index (χ1n) is 7.58. The van der Waals surface area contributed by atoms with Gasteiger partial charge in [0.25, 0.3) is 5.91 Å². The van der Waals surface area contributed by atoms with Gasteiger partial charge in [0.05, 0.1) is 20.8 Å². The summed E-state index contributed by atoms with van der Waals surface area (Å²) in [6.07, 6.45) is 4.78. The summed E-state index contributed by atoms with van der Waals surface area (Å²) in [5, 5.41) is 3.75. The zero-order valence-corrected chi connectivity index (χ0v) is 15.3. The van der Waals surface area contributed by atoms with E-state index in [0.717, 1.165) is 23.1 Å². The molecule has 24 heavy (non-hydrogen) atoms. The average molecular weight is 380 g/mol. The van der Waals surface area contributed by atoms with Crippen LogP contribution >= 0.6 is 34.5 Å². The molecule has 7 heteroatoms. The van der Waals surface area contributed by atoms with Crippen molar-refractivity contribution in [2.75, 3.05) is 5.32 Å². The van der Waals surface area contributed by atoms with Crippen molar-refractivity contribution in [3.05, 3.63) is 51.8 Å². The SMILES string of the molecule is CCCCc1ccc2nc(NC(=O)c3cnc(Cl)c(Cl)c3)sc2c1. The Morgan fingerprint density at radius 3 is 2.88 bits per heavy atom. The van der Waals surface area contributed by atoms with E-state index in [1.807, 2.05) is 6.07 Å². The van der Waals surface area contributed by atoms with Gasteiger partial charge in [-0.15, -0.1) is 0 Å². The number of rotatable bonds is 5. The number of pyridine rings is 1. The van der Waals surface area contributed by atoms with Crippen molar-refractivity contribution in [3.8, 4) is 0 Å². The van der Waals surface area contributed by atoms with E-state index in [0.29, 0.717) is 10.7 Å². The van der Waals surface area contributed by atoms with Gasteiger partial charge in [-0.3, -0.25) is 10.1 Å². The Labute approximate surface area is 153 Å². The van der Waals surface area contributed by atoms with Gasteiger partial charge < -0.3 is 0 Å². The Hall–Kier alpha value is -1.69. The van der Waals surface area contributed by atoms with Gasteiger partial charge in [-0.05, 0) is 36.6 Å². The van der Waals surface area contributed by atoms with Crippen molar-refractivity contribution in [1.29, 1.82) is 0 Å². The van der Waals surface area contributed by atoms with E-state index in [-0.39, 0.29) is 16.1 Å². The molecule has 0 aliphatic heterocycles. The summed E-state index contributed by atoms with van der Waals surface area (Å²) in [6.45, 7) is 2.18. The van der Waals surface area contributed by atoms with Crippen molar-refractivity contribution < 1.29 is 4.79 Å². The predicted molar refractivity (Wildman–Crippen MR) is 100 cm³/mol. The number of aryl methyl sites for hydroxylation is 1. The maximum absolute atomic E-state index is 12.3. The Kier molecular flexibility index (Phi) is 5.33. The van der Waals surface area contributed by atoms with Gasteiger partial charge in [0.15, 0.2) is 5.13 Å². The molecule has 0 radical (unpaired) electrons. The minimum absolute atomic E-state index is 0.174. The van der Waals surface area contributed by atoms with Gasteiger partial charge in [-0.25, -0.2) is 9.97 Å². The van der Waals surface area contributed by atoms with E-state index < -0.39 is 0 Å². The molecule has 0 aliphatic carbocycles. The Morgan fingerprint density at radius 1 is 1.29 bits per heavy atom. The molecule has 1 N–H and O–H groups in total. The zero-order valence-electron chi connectivity index (χ0n) is 13.0. The Bertz CT molecular complexity index is 895. The Morgan fingerprint density at radius 2 is 2.12 bits per heavy atom. The van der Waals surface area contributed by atoms with Gasteiger partial charge in [0.1, 0.15) is 5.15 Å². The second-order valence-electron chi connectivity index (χ2n) is 5.38. The number of nitrogens with one attached hydrogen (secondary N) is 1. The number of hydrogen-bond acceptors (Lipinski definition) is 4. The van der Waals surface area contributed by atoms with Crippen LogP contribution in [0.3, 0.4) is 0 Å². The first kappa shape index (κ1) is 17.1. The summed E-state index contributed by atoms with van der Waals surface area (Å²) in [6, 6.07) is 7.71. The van der Waals surface area contributed by atoms with Gasteiger partial charge in [-0.1, -0.05) is 53.9 Å². The molecule has 3 rings (SSSR count). The van der Waals surface area contributed by atoms with Gasteiger partial charge >= 0.3 is 0 Å². The molecule has 2 aromatic heterocycles. The molecule has 0 aliphatic rings. The molecule has 0 saturated carbocycles. The smallest absolute Gasteiger partial charge is 0.259 e. The lowest BCUT2D eigenvalue weighted by Gasteiger charge is -2.02. The van der Waals surface area contributed by atoms with Crippen LogP contribution in [-0.4, -0.2) is 15.9 Å². The largest absolute Gasteiger partial charge is 0.298 e. The third-order valence-electron chi connectivity index (χ3n) is 3.55. The summed E-state index contributed by atoms with van der Waals surface area (Å²) in [5.41, 5.74) is 2.51. The molecule has 1 aromatic carbocycles. The number of carbonyl (C=O) groups excluding carboxylic acids is 1. The van der Waals surface area contributed by atoms with Crippen LogP contribution in [0.4, 0.5) is 5.13 Å². The van der Waals surface area contributed by atoms with Crippen LogP contribution in [0.25, 0.3) is 10.2 Å². The van der Waals surface area contributed by atoms with E-state index in [9.17, 15) is 4.79 Å². The standard InChI is InChI=1S/C17H15Cl2N3OS/c1-2-3-4-10-5-6-13-14(7-10)24-17(21-13)22-16(23)11-8-12(18)15(19)20-9-11/h5-9H,2-4H2,1H3,(H,21,22,23). The normalized spacial score (nSPS) is 11.0. The molecule has 3 aromatic rings. The van der Waals surface area contributed by atoms with Crippen molar-refractivity contribution in [3.63, 3.8) is 0 Å². The summed E-state index contributed by atoms with van der Waals surface area (Å²) < 4.78 is 1.06. The molecule has 0 fully saturated rings. The van der Waals surface area contributed by atoms with Crippen LogP contribution in [0.15, 0.2) is 30.5 Å². The van der Waals surface area contributed by atoms with E-state index in [1.54, 1.807) is 0 Å². The summed E-state index contributed by atoms with van der Waals surface area (Å²) in [5.74, 6) is -0.314. The number of amides is 1. The maximum Gasteiger partial charge on any atom is 0.259 e. The Balaban J connectivity index is 1.79. The highest BCUT2D eigenvalue weighted by molar-refractivity contribution is 7.22. The number of anilines is 1. The van der Waals surface area contributed by atoms with Crippen LogP contribution in [0.2, 0.25) is 10.2 Å². The van der Waals surface area contributed by atoms with Crippen molar-refractivity contribution in [2.24, 2.45) is 0 Å². The molecule has 1 amide bonds. The number of hydrogen-bond donors (Lipinski definition) is 1. The topological polar surface area (TPSA) is 54.9 Å². The molecular weight excluding hydrogens is 365 g/mol. The van der Waals surface area contributed by atoms with Gasteiger partial charge in [0.2, 0.25) is 0 Å². The first-order valence-corrected chi connectivity index (χ1v) is 9.16. The highest BCUT2D eigenvalue weighted by Crippen LogP contribution is 2.28. The van der Waals surface area contributed by atoms with Crippen LogP contribution < -0.4 is 5.32 Å². The number of fused-ring (bicyclic) bond motifs is 1. The van der Waals surface area contributed by atoms with Crippen molar-refractivity contribution >= 4 is 55.8 Å². The minimum atomic E-state index is -0.314. The molecule has 0 saturated heterocycles. The highest BCUT2D eigenvalue weighted by atomic mass is 35.5. The number of carbonyl (C=O) groups is 1. The van der Waals surface area contributed by atoms with Crippen molar-refractivity contribution in [2.45, 2.75) is 26.2 Å². The number of benzene rings is 1. The summed E-state index contributed by atoms with van der Waals surface area (Å²) >= 11 is 13.1. The number of nitrogens with zero attached hydrogens (tertiary/aromatic N) is 2. The first-order chi connectivity index (χ1) is 11.6. The van der Waals surface area contributed by atoms with E-state index >= 15 is 0 Å². The lowest BCUT2D eigenvalue weighted by molar-refractivity contribution is 0.102. The fourth-order valence-electron chi connectivity index (χ4n) is 2.27. The number of thiazole rings is 1. The monoisotopic (exact) mass is 379 g/mol. The fraction of sp³-hybridized carbons (Fsp3) is 0.235. The second kappa shape index (κ2) is 7.47. The molecule has 2 heterocycles. The third-order valence-corrected chi connectivity index (χ3v) is 5.17. The second-order valence-corrected chi connectivity index (χ2v) is 7.17. The van der Waals surface area contributed by atoms with Crippen LogP contribution in [0, 0.1) is 0 Å². The van der Waals surface area contributed by atoms with E-state index in [1.165, 1.54) is 35.6 Å². The highest BCUT2D eigenvalue weighted by Gasteiger charge is 2.12. The maximum atomic E-state index is 12.3. The molecule has 124 valence electrons. The van der Waals surface area contributed by atoms with Crippen LogP contribution in [0.1, 0.15) is 35.7 Å². The van der Waals surface area contributed by atoms with Crippen molar-refractivity contribution in [1.82, 2.24) is 9.97 Å². The number of aromatic nitrogens is 2. The van der Waals surface area contributed by atoms with Crippen LogP contribution in [-0.2, 0) is 6.42 Å². The lowest BCUT2D eigenvalue weighted by atomic mass is 10.1. The fourth-order valence-corrected chi connectivity index (χ4v) is 3.47. The van der Waals surface area contributed by atoms with Gasteiger partial charge in [0, 0.05) is 6.20 Å². The number of unbranched alkanes of at least 4 members (excludes halogenated alkanes) is 1. The molecule has 0 spiro atoms. The number of halogens is 2. The molecular formula is C17H15Cl2N3OS. The third kappa shape index (κ3) is 3.86. The molecule has 0 atom stereocenters. The quantitative estimate of drug-likeness (QED) is 0.587. The average Bonchev–Trinajstić information content (AvgIpc) is 2.96. The predicted octanol–water partition coefficient (Wildman–Crippen LogP) is 5.59. The zero-order chi connectivity index (χ0) is 17.1. The minimum Gasteiger partial charge on any atom is -0.298 e. The molecule has 0 unspecified atom stereocenters. The lowest BCUT2D eigenvalue weighted by Crippen LogP contribution is -2.12. The molecule has 4 nitrogen and oxygen atoms in total.